The van der Waals surface area contributed by atoms with Crippen LogP contribution in [0.1, 0.15) is 0 Å². The highest BCUT2D eigenvalue weighted by Crippen LogP contribution is 2.43. The molecule has 10 heteroatoms. The summed E-state index contributed by atoms with van der Waals surface area (Å²) in [4.78, 5) is 29.5. The Morgan fingerprint density at radius 3 is 0.866 bits per heavy atom. The van der Waals surface area contributed by atoms with Crippen LogP contribution in [0.2, 0.25) is 0 Å². The van der Waals surface area contributed by atoms with E-state index in [2.05, 4.69) is 240 Å². The van der Waals surface area contributed by atoms with Crippen LogP contribution in [0.5, 0.6) is 0 Å². The van der Waals surface area contributed by atoms with E-state index in [0.29, 0.717) is 34.9 Å². The van der Waals surface area contributed by atoms with Gasteiger partial charge in [0.05, 0.1) is 22.1 Å². The Morgan fingerprint density at radius 2 is 0.446 bits per heavy atom. The topological polar surface area (TPSA) is 113 Å². The Bertz CT molecular complexity index is 7220. The number of benzene rings is 16. The lowest BCUT2D eigenvalue weighted by Crippen LogP contribution is -2.00. The molecule has 22 rings (SSSR count). The second-order valence-corrected chi connectivity index (χ2v) is 28.1. The van der Waals surface area contributed by atoms with Crippen molar-refractivity contribution >= 4 is 87.5 Å². The zero-order valence-electron chi connectivity index (χ0n) is 60.3. The number of hydrogen-bond acceptors (Lipinski definition) is 8. The van der Waals surface area contributed by atoms with Crippen LogP contribution in [-0.4, -0.2) is 39.0 Å². The van der Waals surface area contributed by atoms with Crippen LogP contribution in [-0.2, 0) is 0 Å². The molecule has 6 aromatic heterocycles. The monoisotopic (exact) mass is 1430 g/mol. The molecule has 0 aliphatic heterocycles. The molecule has 0 atom stereocenters. The van der Waals surface area contributed by atoms with Crippen LogP contribution < -0.4 is 0 Å². The molecule has 0 saturated heterocycles. The summed E-state index contributed by atoms with van der Waals surface area (Å²) in [6.45, 7) is 0. The van der Waals surface area contributed by atoms with Gasteiger partial charge in [0.25, 0.3) is 0 Å². The van der Waals surface area contributed by atoms with Gasteiger partial charge in [0.1, 0.15) is 22.3 Å². The molecule has 0 aliphatic rings. The smallest absolute Gasteiger partial charge is 0.164 e. The average Bonchev–Trinajstić information content (AvgIpc) is 1.59. The molecule has 0 spiro atoms. The van der Waals surface area contributed by atoms with E-state index >= 15 is 0 Å². The van der Waals surface area contributed by atoms with Crippen LogP contribution >= 0.6 is 0 Å². The third-order valence-electron chi connectivity index (χ3n) is 21.4. The van der Waals surface area contributed by atoms with Gasteiger partial charge in [-0.1, -0.05) is 297 Å². The molecule has 0 unspecified atom stereocenters. The van der Waals surface area contributed by atoms with Gasteiger partial charge >= 0.3 is 0 Å². The Labute approximate surface area is 643 Å². The van der Waals surface area contributed by atoms with Crippen molar-refractivity contribution in [1.29, 1.82) is 0 Å². The second-order valence-electron chi connectivity index (χ2n) is 28.1. The van der Waals surface area contributed by atoms with Crippen molar-refractivity contribution in [2.75, 3.05) is 0 Å². The van der Waals surface area contributed by atoms with Gasteiger partial charge in [-0.05, 0) is 136 Å². The molecule has 0 aliphatic carbocycles. The van der Waals surface area contributed by atoms with Crippen molar-refractivity contribution in [2.45, 2.75) is 0 Å². The highest BCUT2D eigenvalue weighted by molar-refractivity contribution is 6.15. The number of aromatic nitrogens is 8. The highest BCUT2D eigenvalue weighted by Gasteiger charge is 2.21. The molecular formula is C102H64N8O2. The van der Waals surface area contributed by atoms with Gasteiger partial charge in [-0.3, -0.25) is 0 Å². The first-order valence-electron chi connectivity index (χ1n) is 37.5. The minimum Gasteiger partial charge on any atom is -0.456 e. The van der Waals surface area contributed by atoms with Gasteiger partial charge in [-0.15, -0.1) is 0 Å². The summed E-state index contributed by atoms with van der Waals surface area (Å²) in [7, 11) is 0. The first kappa shape index (κ1) is 65.1. The molecule has 0 bridgehead atoms. The summed E-state index contributed by atoms with van der Waals surface area (Å²) in [5.41, 5.74) is 25.3. The third kappa shape index (κ3) is 11.7. The lowest BCUT2D eigenvalue weighted by molar-refractivity contribution is 0.668. The van der Waals surface area contributed by atoms with Gasteiger partial charge < -0.3 is 18.0 Å². The zero-order valence-corrected chi connectivity index (χ0v) is 60.3. The van der Waals surface area contributed by atoms with E-state index in [-0.39, 0.29) is 0 Å². The Balaban J connectivity index is 0.000000141. The molecule has 6 heterocycles. The molecule has 112 heavy (non-hydrogen) atoms. The fraction of sp³-hybridized carbons (Fsp3) is 0. The maximum Gasteiger partial charge on any atom is 0.164 e. The van der Waals surface area contributed by atoms with Crippen molar-refractivity contribution in [3.8, 4) is 124 Å². The molecule has 22 aromatic rings. The SMILES string of the molecule is c1ccc(-c2nc(-c3ccccc3)nc(-c3ccc(-c4ccc5c(c4)c4ccccc4n5-c4ccc(-c5cccc6oc7ccccc7c56)cc4)cc3)n2)cc1.c1ccc(-c2nc(-c3ccccc3)nc(-c3cccc(-c4ccc5c(c4)c4ccccc4n5-c4ccc(-c5cccc6oc7ccccc7c56)cc4)c3)n2)cc1. The fourth-order valence-corrected chi connectivity index (χ4v) is 16.0. The van der Waals surface area contributed by atoms with E-state index in [1.165, 1.54) is 32.6 Å². The predicted octanol–water partition coefficient (Wildman–Crippen LogP) is 26.4. The third-order valence-corrected chi connectivity index (χ3v) is 21.4. The Morgan fingerprint density at radius 1 is 0.170 bits per heavy atom. The second kappa shape index (κ2) is 27.5. The van der Waals surface area contributed by atoms with E-state index in [0.717, 1.165) is 144 Å². The molecule has 10 nitrogen and oxygen atoms in total. The highest BCUT2D eigenvalue weighted by atomic mass is 16.3. The van der Waals surface area contributed by atoms with Crippen molar-refractivity contribution in [2.24, 2.45) is 0 Å². The van der Waals surface area contributed by atoms with E-state index in [4.69, 9.17) is 38.7 Å². The van der Waals surface area contributed by atoms with Gasteiger partial charge in [0.2, 0.25) is 0 Å². The Kier molecular flexibility index (Phi) is 16.0. The quantitative estimate of drug-likeness (QED) is 0.119. The largest absolute Gasteiger partial charge is 0.456 e. The maximum absolute atomic E-state index is 6.19. The van der Waals surface area contributed by atoms with E-state index in [9.17, 15) is 0 Å². The summed E-state index contributed by atoms with van der Waals surface area (Å²) in [6.07, 6.45) is 0. The molecule has 0 amide bonds. The molecule has 16 aromatic carbocycles. The van der Waals surface area contributed by atoms with Crippen LogP contribution in [0.3, 0.4) is 0 Å². The number of fused-ring (bicyclic) bond motifs is 12. The van der Waals surface area contributed by atoms with Crippen molar-refractivity contribution in [3.63, 3.8) is 0 Å². The molecule has 524 valence electrons. The maximum atomic E-state index is 6.19. The average molecular weight is 1430 g/mol. The summed E-state index contributed by atoms with van der Waals surface area (Å²) < 4.78 is 17.1. The van der Waals surface area contributed by atoms with Crippen LogP contribution in [0, 0.1) is 0 Å². The first-order valence-corrected chi connectivity index (χ1v) is 37.5. The summed E-state index contributed by atoms with van der Waals surface area (Å²) in [5, 5.41) is 9.38. The minimum absolute atomic E-state index is 0.637. The minimum atomic E-state index is 0.637. The molecule has 0 radical (unpaired) electrons. The Hall–Kier alpha value is -15.3. The van der Waals surface area contributed by atoms with Crippen molar-refractivity contribution < 1.29 is 8.83 Å². The van der Waals surface area contributed by atoms with Crippen LogP contribution in [0.25, 0.3) is 212 Å². The fourth-order valence-electron chi connectivity index (χ4n) is 16.0. The number of furan rings is 2. The standard InChI is InChI=1S/2C51H32N4O/c1-3-13-34(14-4-1)49-52-50(35-15-5-2-6-16-35)54-51(53-49)38-18-11-17-36(31-38)37-27-30-45-43(32-37)41-19-7-9-22-44(41)55(45)39-28-25-33(26-29-39)40-21-12-24-47-48(40)42-20-8-10-23-46(42)56-47;1-3-12-35(13-4-1)49-52-50(36-14-5-2-6-15-36)54-51(53-49)37-24-22-33(23-25-37)38-28-31-45-43(32-38)41-16-7-9-19-44(41)55(45)39-29-26-34(27-30-39)40-18-11-21-47-48(40)42-17-8-10-20-46(42)56-47/h2*1-32H. The van der Waals surface area contributed by atoms with E-state index in [1.807, 2.05) is 158 Å². The van der Waals surface area contributed by atoms with E-state index in [1.54, 1.807) is 0 Å². The summed E-state index contributed by atoms with van der Waals surface area (Å²) >= 11 is 0. The first-order chi connectivity index (χ1) is 55.5. The van der Waals surface area contributed by atoms with E-state index < -0.39 is 0 Å². The molecule has 0 fully saturated rings. The van der Waals surface area contributed by atoms with Crippen LogP contribution in [0.4, 0.5) is 0 Å². The van der Waals surface area contributed by atoms with Gasteiger partial charge in [-0.2, -0.15) is 0 Å². The molecule has 0 saturated carbocycles. The van der Waals surface area contributed by atoms with Gasteiger partial charge in [0, 0.05) is 87.8 Å². The number of para-hydroxylation sites is 4. The molecular weight excluding hydrogens is 1370 g/mol. The summed E-state index contributed by atoms with van der Waals surface area (Å²) in [6, 6.07) is 135. The van der Waals surface area contributed by atoms with Gasteiger partial charge in [0.15, 0.2) is 34.9 Å². The zero-order chi connectivity index (χ0) is 74.0. The number of rotatable bonds is 12. The lowest BCUT2D eigenvalue weighted by atomic mass is 9.99. The van der Waals surface area contributed by atoms with Crippen LogP contribution in [0.15, 0.2) is 397 Å². The summed E-state index contributed by atoms with van der Waals surface area (Å²) in [5.74, 6) is 3.88. The normalized spacial score (nSPS) is 11.6. The predicted molar refractivity (Wildman–Crippen MR) is 457 cm³/mol. The number of nitrogens with zero attached hydrogens (tertiary/aromatic N) is 8. The van der Waals surface area contributed by atoms with Crippen molar-refractivity contribution in [3.05, 3.63) is 388 Å². The number of hydrogen-bond donors (Lipinski definition) is 0. The molecule has 0 N–H and O–H groups in total. The van der Waals surface area contributed by atoms with Crippen molar-refractivity contribution in [1.82, 2.24) is 39.0 Å². The van der Waals surface area contributed by atoms with Gasteiger partial charge in [-0.25, -0.2) is 29.9 Å². The lowest BCUT2D eigenvalue weighted by Gasteiger charge is -2.11.